The number of aldehydes is 1. The average Bonchev–Trinajstić information content (AvgIpc) is 2.17. The van der Waals surface area contributed by atoms with Crippen LogP contribution in [0.3, 0.4) is 0 Å². The number of rotatable bonds is 3. The fraction of sp³-hybridized carbons (Fsp3) is 0.250. The summed E-state index contributed by atoms with van der Waals surface area (Å²) in [6, 6.07) is 0. The standard InChI is InChI=1S/C8H9NO4/c1-12-7-5(4-10)6(11)3-9-8(7)13-2/h3-4,11H,1-2H3. The molecule has 0 spiro atoms. The summed E-state index contributed by atoms with van der Waals surface area (Å²) in [5.41, 5.74) is 0.0364. The Hall–Kier alpha value is -1.78. The number of aromatic nitrogens is 1. The molecule has 1 heterocycles. The van der Waals surface area contributed by atoms with E-state index in [1.165, 1.54) is 14.2 Å². The molecule has 0 radical (unpaired) electrons. The lowest BCUT2D eigenvalue weighted by atomic mass is 10.2. The van der Waals surface area contributed by atoms with Crippen LogP contribution in [0.1, 0.15) is 10.4 Å². The van der Waals surface area contributed by atoms with E-state index < -0.39 is 0 Å². The number of methoxy groups -OCH3 is 2. The lowest BCUT2D eigenvalue weighted by Crippen LogP contribution is -1.97. The van der Waals surface area contributed by atoms with E-state index in [1.807, 2.05) is 0 Å². The first-order chi connectivity index (χ1) is 6.24. The Bertz CT molecular complexity index is 324. The van der Waals surface area contributed by atoms with Crippen LogP contribution in [0.15, 0.2) is 6.20 Å². The second-order valence-corrected chi connectivity index (χ2v) is 2.22. The molecule has 13 heavy (non-hydrogen) atoms. The predicted molar refractivity (Wildman–Crippen MR) is 44.4 cm³/mol. The van der Waals surface area contributed by atoms with E-state index in [9.17, 15) is 9.90 Å². The zero-order chi connectivity index (χ0) is 9.84. The number of aromatic hydroxyl groups is 1. The quantitative estimate of drug-likeness (QED) is 0.695. The molecule has 0 atom stereocenters. The van der Waals surface area contributed by atoms with Crippen LogP contribution in [0.2, 0.25) is 0 Å². The molecule has 5 heteroatoms. The van der Waals surface area contributed by atoms with Gasteiger partial charge in [0.25, 0.3) is 5.88 Å². The molecule has 70 valence electrons. The largest absolute Gasteiger partial charge is 0.505 e. The normalized spacial score (nSPS) is 9.38. The summed E-state index contributed by atoms with van der Waals surface area (Å²) in [7, 11) is 2.77. The number of hydrogen-bond acceptors (Lipinski definition) is 5. The monoisotopic (exact) mass is 183 g/mol. The molecule has 0 aromatic carbocycles. The van der Waals surface area contributed by atoms with Crippen molar-refractivity contribution in [1.82, 2.24) is 4.98 Å². The van der Waals surface area contributed by atoms with E-state index in [2.05, 4.69) is 4.98 Å². The first kappa shape index (κ1) is 9.31. The molecular formula is C8H9NO4. The van der Waals surface area contributed by atoms with Gasteiger partial charge in [-0.1, -0.05) is 0 Å². The first-order valence-electron chi connectivity index (χ1n) is 3.49. The number of nitrogens with zero attached hydrogens (tertiary/aromatic N) is 1. The minimum absolute atomic E-state index is 0.0364. The molecule has 0 fully saturated rings. The van der Waals surface area contributed by atoms with Gasteiger partial charge in [0.2, 0.25) is 0 Å². The Kier molecular flexibility index (Phi) is 2.69. The third-order valence-corrected chi connectivity index (χ3v) is 1.53. The number of carbonyl (C=O) groups is 1. The summed E-state index contributed by atoms with van der Waals surface area (Å²) >= 11 is 0. The van der Waals surface area contributed by atoms with Gasteiger partial charge >= 0.3 is 0 Å². The molecule has 0 aliphatic rings. The summed E-state index contributed by atoms with van der Waals surface area (Å²) in [6.07, 6.45) is 1.61. The maximum Gasteiger partial charge on any atom is 0.257 e. The second kappa shape index (κ2) is 3.75. The van der Waals surface area contributed by atoms with Gasteiger partial charge in [-0.15, -0.1) is 0 Å². The van der Waals surface area contributed by atoms with Gasteiger partial charge in [0.15, 0.2) is 12.0 Å². The topological polar surface area (TPSA) is 68.7 Å². The molecule has 0 amide bonds. The number of hydrogen-bond donors (Lipinski definition) is 1. The number of pyridine rings is 1. The van der Waals surface area contributed by atoms with Crippen molar-refractivity contribution in [3.63, 3.8) is 0 Å². The van der Waals surface area contributed by atoms with Crippen LogP contribution in [-0.4, -0.2) is 30.6 Å². The summed E-state index contributed by atoms with van der Waals surface area (Å²) < 4.78 is 9.69. The minimum Gasteiger partial charge on any atom is -0.505 e. The third-order valence-electron chi connectivity index (χ3n) is 1.53. The summed E-state index contributed by atoms with van der Waals surface area (Å²) in [5, 5.41) is 9.21. The van der Waals surface area contributed by atoms with Crippen molar-refractivity contribution in [3.8, 4) is 17.4 Å². The highest BCUT2D eigenvalue weighted by atomic mass is 16.5. The van der Waals surface area contributed by atoms with E-state index in [0.717, 1.165) is 6.20 Å². The Labute approximate surface area is 74.9 Å². The lowest BCUT2D eigenvalue weighted by Gasteiger charge is -2.08. The van der Waals surface area contributed by atoms with E-state index in [0.29, 0.717) is 6.29 Å². The molecule has 1 rings (SSSR count). The van der Waals surface area contributed by atoms with Crippen LogP contribution < -0.4 is 9.47 Å². The molecule has 0 aliphatic heterocycles. The molecule has 1 N–H and O–H groups in total. The van der Waals surface area contributed by atoms with E-state index in [1.54, 1.807) is 0 Å². The van der Waals surface area contributed by atoms with Gasteiger partial charge in [-0.25, -0.2) is 4.98 Å². The van der Waals surface area contributed by atoms with Crippen LogP contribution in [-0.2, 0) is 0 Å². The molecule has 0 saturated carbocycles. The average molecular weight is 183 g/mol. The van der Waals surface area contributed by atoms with E-state index >= 15 is 0 Å². The Balaban J connectivity index is 3.36. The zero-order valence-electron chi connectivity index (χ0n) is 7.27. The van der Waals surface area contributed by atoms with Crippen molar-refractivity contribution in [3.05, 3.63) is 11.8 Å². The van der Waals surface area contributed by atoms with Gasteiger partial charge in [0.05, 0.1) is 20.4 Å². The molecular weight excluding hydrogens is 174 g/mol. The number of carbonyl (C=O) groups excluding carboxylic acids is 1. The molecule has 0 bridgehead atoms. The van der Waals surface area contributed by atoms with Crippen molar-refractivity contribution >= 4 is 6.29 Å². The van der Waals surface area contributed by atoms with Gasteiger partial charge in [0, 0.05) is 0 Å². The molecule has 5 nitrogen and oxygen atoms in total. The van der Waals surface area contributed by atoms with Crippen LogP contribution >= 0.6 is 0 Å². The SMILES string of the molecule is COc1ncc(O)c(C=O)c1OC. The smallest absolute Gasteiger partial charge is 0.257 e. The van der Waals surface area contributed by atoms with E-state index in [4.69, 9.17) is 9.47 Å². The second-order valence-electron chi connectivity index (χ2n) is 2.22. The van der Waals surface area contributed by atoms with Gasteiger partial charge in [-0.3, -0.25) is 4.79 Å². The van der Waals surface area contributed by atoms with Crippen molar-refractivity contribution in [1.29, 1.82) is 0 Å². The Morgan fingerprint density at radius 2 is 2.15 bits per heavy atom. The van der Waals surface area contributed by atoms with Gasteiger partial charge < -0.3 is 14.6 Å². The predicted octanol–water partition coefficient (Wildman–Crippen LogP) is 0.617. The van der Waals surface area contributed by atoms with Gasteiger partial charge in [-0.05, 0) is 0 Å². The molecule has 1 aromatic heterocycles. The minimum atomic E-state index is -0.229. The molecule has 0 unspecified atom stereocenters. The van der Waals surface area contributed by atoms with Crippen molar-refractivity contribution in [2.24, 2.45) is 0 Å². The van der Waals surface area contributed by atoms with Crippen molar-refractivity contribution < 1.29 is 19.4 Å². The lowest BCUT2D eigenvalue weighted by molar-refractivity contribution is 0.111. The number of ether oxygens (including phenoxy) is 2. The van der Waals surface area contributed by atoms with Crippen LogP contribution in [0.4, 0.5) is 0 Å². The Morgan fingerprint density at radius 3 is 2.62 bits per heavy atom. The third kappa shape index (κ3) is 1.53. The van der Waals surface area contributed by atoms with Gasteiger partial charge in [0.1, 0.15) is 11.3 Å². The highest BCUT2D eigenvalue weighted by Gasteiger charge is 2.14. The van der Waals surface area contributed by atoms with E-state index in [-0.39, 0.29) is 22.9 Å². The van der Waals surface area contributed by atoms with Gasteiger partial charge in [-0.2, -0.15) is 0 Å². The summed E-state index contributed by atoms with van der Waals surface area (Å²) in [4.78, 5) is 14.3. The van der Waals surface area contributed by atoms with Crippen molar-refractivity contribution in [2.75, 3.05) is 14.2 Å². The van der Waals surface area contributed by atoms with Crippen LogP contribution in [0, 0.1) is 0 Å². The Morgan fingerprint density at radius 1 is 1.46 bits per heavy atom. The van der Waals surface area contributed by atoms with Crippen LogP contribution in [0.5, 0.6) is 17.4 Å². The molecule has 1 aromatic rings. The fourth-order valence-electron chi connectivity index (χ4n) is 0.936. The summed E-state index contributed by atoms with van der Waals surface area (Å²) in [6.45, 7) is 0. The first-order valence-corrected chi connectivity index (χ1v) is 3.49. The fourth-order valence-corrected chi connectivity index (χ4v) is 0.936. The molecule has 0 aliphatic carbocycles. The zero-order valence-corrected chi connectivity index (χ0v) is 7.27. The maximum atomic E-state index is 10.6. The highest BCUT2D eigenvalue weighted by molar-refractivity contribution is 5.84. The molecule has 0 saturated heterocycles. The maximum absolute atomic E-state index is 10.6. The highest BCUT2D eigenvalue weighted by Crippen LogP contribution is 2.32. The van der Waals surface area contributed by atoms with Crippen molar-refractivity contribution in [2.45, 2.75) is 0 Å². The van der Waals surface area contributed by atoms with Crippen LogP contribution in [0.25, 0.3) is 0 Å². The summed E-state index contributed by atoms with van der Waals surface area (Å²) in [5.74, 6) is 0.0764.